The van der Waals surface area contributed by atoms with Crippen molar-refractivity contribution in [2.75, 3.05) is 0 Å². The molecule has 1 aliphatic rings. The van der Waals surface area contributed by atoms with E-state index in [1.54, 1.807) is 0 Å². The number of halogens is 2. The van der Waals surface area contributed by atoms with Crippen molar-refractivity contribution in [3.05, 3.63) is 18.0 Å². The van der Waals surface area contributed by atoms with Crippen molar-refractivity contribution in [2.45, 2.75) is 30.6 Å². The van der Waals surface area contributed by atoms with E-state index in [9.17, 15) is 0 Å². The smallest absolute Gasteiger partial charge is 0.0730 e. The zero-order valence-electron chi connectivity index (χ0n) is 6.74. The second-order valence-corrected chi connectivity index (χ2v) is 3.57. The summed E-state index contributed by atoms with van der Waals surface area (Å²) >= 11 is 3.38. The summed E-state index contributed by atoms with van der Waals surface area (Å²) in [6.45, 7) is 0. The Labute approximate surface area is 91.2 Å². The molecule has 0 bridgehead atoms. The maximum Gasteiger partial charge on any atom is 0.0730 e. The number of hydrogen-bond acceptors (Lipinski definition) is 1. The first-order chi connectivity index (χ1) is 5.40. The molecule has 0 atom stereocenters. The number of hydrogen-bond donors (Lipinski definition) is 0. The van der Waals surface area contributed by atoms with E-state index >= 15 is 0 Å². The monoisotopic (exact) mass is 294 g/mol. The van der Waals surface area contributed by atoms with E-state index in [1.165, 1.54) is 19.3 Å². The van der Waals surface area contributed by atoms with Gasteiger partial charge in [0, 0.05) is 11.5 Å². The third-order valence-electron chi connectivity index (χ3n) is 2.25. The van der Waals surface area contributed by atoms with E-state index in [-0.39, 0.29) is 17.0 Å². The Morgan fingerprint density at radius 3 is 2.75 bits per heavy atom. The first kappa shape index (κ1) is 10.3. The van der Waals surface area contributed by atoms with E-state index in [2.05, 4.69) is 38.0 Å². The third-order valence-corrected chi connectivity index (χ3v) is 2.82. The lowest BCUT2D eigenvalue weighted by molar-refractivity contribution is 0.288. The van der Waals surface area contributed by atoms with Crippen molar-refractivity contribution in [3.63, 3.8) is 0 Å². The van der Waals surface area contributed by atoms with Gasteiger partial charge >= 0.3 is 0 Å². The largest absolute Gasteiger partial charge is 0.269 e. The standard InChI is InChI=1S/C8H11BrN2.BrH/c9-6-7-4-5-11(10-7)8-2-1-3-8;/h4-5,8H,1-3,6H2;1H. The van der Waals surface area contributed by atoms with Crippen LogP contribution in [-0.4, -0.2) is 9.78 Å². The lowest BCUT2D eigenvalue weighted by atomic mass is 9.93. The lowest BCUT2D eigenvalue weighted by Gasteiger charge is -2.25. The van der Waals surface area contributed by atoms with E-state index in [0.29, 0.717) is 6.04 Å². The Kier molecular flexibility index (Phi) is 3.77. The van der Waals surface area contributed by atoms with Crippen LogP contribution in [0, 0.1) is 0 Å². The molecule has 4 heteroatoms. The number of alkyl halides is 1. The van der Waals surface area contributed by atoms with Crippen LogP contribution >= 0.6 is 32.9 Å². The van der Waals surface area contributed by atoms with E-state index in [4.69, 9.17) is 0 Å². The number of rotatable bonds is 2. The summed E-state index contributed by atoms with van der Waals surface area (Å²) in [4.78, 5) is 0. The van der Waals surface area contributed by atoms with Gasteiger partial charge in [0.1, 0.15) is 0 Å². The molecule has 2 rings (SSSR count). The molecule has 1 aromatic rings. The number of nitrogens with zero attached hydrogens (tertiary/aromatic N) is 2. The van der Waals surface area contributed by atoms with Crippen molar-refractivity contribution in [2.24, 2.45) is 0 Å². The molecule has 0 saturated heterocycles. The van der Waals surface area contributed by atoms with Gasteiger partial charge in [0.25, 0.3) is 0 Å². The Hall–Kier alpha value is 0.170. The summed E-state index contributed by atoms with van der Waals surface area (Å²) < 4.78 is 2.10. The summed E-state index contributed by atoms with van der Waals surface area (Å²) in [5.41, 5.74) is 1.14. The lowest BCUT2D eigenvalue weighted by Crippen LogP contribution is -2.17. The highest BCUT2D eigenvalue weighted by Gasteiger charge is 2.19. The molecular formula is C8H12Br2N2. The molecule has 12 heavy (non-hydrogen) atoms. The number of aromatic nitrogens is 2. The summed E-state index contributed by atoms with van der Waals surface area (Å²) in [6.07, 6.45) is 6.07. The highest BCUT2D eigenvalue weighted by atomic mass is 79.9. The predicted octanol–water partition coefficient (Wildman–Crippen LogP) is 3.08. The molecule has 0 amide bonds. The minimum absolute atomic E-state index is 0. The van der Waals surface area contributed by atoms with Crippen LogP contribution < -0.4 is 0 Å². The SMILES string of the molecule is Br.BrCc1ccn(C2CCC2)n1. The first-order valence-corrected chi connectivity index (χ1v) is 5.12. The summed E-state index contributed by atoms with van der Waals surface area (Å²) in [5.74, 6) is 0. The summed E-state index contributed by atoms with van der Waals surface area (Å²) in [7, 11) is 0. The zero-order chi connectivity index (χ0) is 7.68. The van der Waals surface area contributed by atoms with Crippen LogP contribution in [0.3, 0.4) is 0 Å². The van der Waals surface area contributed by atoms with Gasteiger partial charge in [-0.1, -0.05) is 15.9 Å². The summed E-state index contributed by atoms with van der Waals surface area (Å²) in [6, 6.07) is 2.77. The molecule has 0 radical (unpaired) electrons. The molecule has 0 aromatic carbocycles. The fourth-order valence-corrected chi connectivity index (χ4v) is 1.60. The van der Waals surface area contributed by atoms with Gasteiger partial charge in [0.05, 0.1) is 11.7 Å². The van der Waals surface area contributed by atoms with Gasteiger partial charge in [-0.25, -0.2) is 0 Å². The fraction of sp³-hybridized carbons (Fsp3) is 0.625. The molecule has 0 spiro atoms. The first-order valence-electron chi connectivity index (χ1n) is 4.00. The molecule has 2 nitrogen and oxygen atoms in total. The normalized spacial score (nSPS) is 16.8. The highest BCUT2D eigenvalue weighted by molar-refractivity contribution is 9.08. The Balaban J connectivity index is 0.000000720. The Morgan fingerprint density at radius 2 is 2.33 bits per heavy atom. The van der Waals surface area contributed by atoms with E-state index in [0.717, 1.165) is 11.0 Å². The molecule has 1 saturated carbocycles. The fourth-order valence-electron chi connectivity index (χ4n) is 1.30. The average molecular weight is 296 g/mol. The van der Waals surface area contributed by atoms with E-state index < -0.39 is 0 Å². The molecule has 0 unspecified atom stereocenters. The minimum atomic E-state index is 0. The van der Waals surface area contributed by atoms with Gasteiger partial charge in [-0.05, 0) is 25.3 Å². The second kappa shape index (κ2) is 4.42. The van der Waals surface area contributed by atoms with Gasteiger partial charge in [-0.2, -0.15) is 5.10 Å². The van der Waals surface area contributed by atoms with Gasteiger partial charge in [-0.15, -0.1) is 17.0 Å². The van der Waals surface area contributed by atoms with Crippen molar-refractivity contribution < 1.29 is 0 Å². The molecular weight excluding hydrogens is 284 g/mol. The van der Waals surface area contributed by atoms with Gasteiger partial charge in [0.2, 0.25) is 0 Å². The van der Waals surface area contributed by atoms with Crippen LogP contribution in [0.5, 0.6) is 0 Å². The Bertz CT molecular complexity index is 243. The van der Waals surface area contributed by atoms with Crippen molar-refractivity contribution in [1.29, 1.82) is 0 Å². The topological polar surface area (TPSA) is 17.8 Å². The molecule has 68 valence electrons. The van der Waals surface area contributed by atoms with Gasteiger partial charge in [0.15, 0.2) is 0 Å². The maximum absolute atomic E-state index is 4.42. The molecule has 1 fully saturated rings. The Morgan fingerprint density at radius 1 is 1.58 bits per heavy atom. The second-order valence-electron chi connectivity index (χ2n) is 3.01. The van der Waals surface area contributed by atoms with Gasteiger partial charge < -0.3 is 0 Å². The van der Waals surface area contributed by atoms with Crippen LogP contribution in [0.15, 0.2) is 12.3 Å². The van der Waals surface area contributed by atoms with Crippen LogP contribution in [0.25, 0.3) is 0 Å². The van der Waals surface area contributed by atoms with Crippen LogP contribution in [0.2, 0.25) is 0 Å². The molecule has 1 aliphatic carbocycles. The third kappa shape index (κ3) is 1.91. The molecule has 1 heterocycles. The molecule has 1 aromatic heterocycles. The van der Waals surface area contributed by atoms with Crippen LogP contribution in [0.4, 0.5) is 0 Å². The molecule has 0 N–H and O–H groups in total. The quantitative estimate of drug-likeness (QED) is 0.767. The van der Waals surface area contributed by atoms with Crippen LogP contribution in [0.1, 0.15) is 31.0 Å². The highest BCUT2D eigenvalue weighted by Crippen LogP contribution is 2.30. The minimum Gasteiger partial charge on any atom is -0.269 e. The molecule has 0 aliphatic heterocycles. The van der Waals surface area contributed by atoms with Crippen molar-refractivity contribution >= 4 is 32.9 Å². The zero-order valence-corrected chi connectivity index (χ0v) is 10.0. The maximum atomic E-state index is 4.42. The summed E-state index contributed by atoms with van der Waals surface area (Å²) in [5, 5.41) is 5.29. The van der Waals surface area contributed by atoms with E-state index in [1.807, 2.05) is 0 Å². The van der Waals surface area contributed by atoms with Crippen molar-refractivity contribution in [3.8, 4) is 0 Å². The average Bonchev–Trinajstić information content (AvgIpc) is 2.32. The van der Waals surface area contributed by atoms with Crippen molar-refractivity contribution in [1.82, 2.24) is 9.78 Å². The predicted molar refractivity (Wildman–Crippen MR) is 58.1 cm³/mol. The van der Waals surface area contributed by atoms with Crippen LogP contribution in [-0.2, 0) is 5.33 Å². The van der Waals surface area contributed by atoms with Gasteiger partial charge in [-0.3, -0.25) is 4.68 Å².